The highest BCUT2D eigenvalue weighted by atomic mass is 35.5. The molecule has 4 nitrogen and oxygen atoms in total. The van der Waals surface area contributed by atoms with Crippen LogP contribution in [-0.4, -0.2) is 23.1 Å². The van der Waals surface area contributed by atoms with Gasteiger partial charge >= 0.3 is 6.18 Å². The van der Waals surface area contributed by atoms with Crippen molar-refractivity contribution in [3.63, 3.8) is 0 Å². The largest absolute Gasteiger partial charge is 0.507 e. The van der Waals surface area contributed by atoms with Gasteiger partial charge in [0.25, 0.3) is 0 Å². The summed E-state index contributed by atoms with van der Waals surface area (Å²) in [7, 11) is 1.87. The predicted octanol–water partition coefficient (Wildman–Crippen LogP) is 6.60. The summed E-state index contributed by atoms with van der Waals surface area (Å²) in [4.78, 5) is 15.3. The van der Waals surface area contributed by atoms with E-state index in [2.05, 4.69) is 0 Å². The van der Waals surface area contributed by atoms with Crippen LogP contribution in [0.5, 0.6) is 5.75 Å². The molecule has 1 saturated carbocycles. The first kappa shape index (κ1) is 22.7. The van der Waals surface area contributed by atoms with E-state index in [1.165, 1.54) is 42.8 Å². The van der Waals surface area contributed by atoms with Crippen LogP contribution >= 0.6 is 11.6 Å². The summed E-state index contributed by atoms with van der Waals surface area (Å²) in [5, 5.41) is 10.8. The molecular weight excluding hydrogens is 443 g/mol. The Morgan fingerprint density at radius 3 is 2.38 bits per heavy atom. The third-order valence-electron chi connectivity index (χ3n) is 6.13. The SMILES string of the molecule is CN(Cc1c(O)ccc2c(=O)c(-c3ccc(Cl)cc3)c(C(F)(F)F)oc12)C1CCCCC1. The second kappa shape index (κ2) is 8.79. The number of benzene rings is 2. The highest BCUT2D eigenvalue weighted by molar-refractivity contribution is 6.30. The van der Waals surface area contributed by atoms with Gasteiger partial charge in [0.15, 0.2) is 0 Å². The van der Waals surface area contributed by atoms with E-state index in [4.69, 9.17) is 16.0 Å². The predicted molar refractivity (Wildman–Crippen MR) is 118 cm³/mol. The van der Waals surface area contributed by atoms with E-state index in [1.54, 1.807) is 0 Å². The highest BCUT2D eigenvalue weighted by Gasteiger charge is 2.40. The maximum absolute atomic E-state index is 14.0. The molecule has 0 atom stereocenters. The van der Waals surface area contributed by atoms with Crippen molar-refractivity contribution in [2.45, 2.75) is 50.9 Å². The lowest BCUT2D eigenvalue weighted by molar-refractivity contribution is -0.152. The Morgan fingerprint density at radius 1 is 1.09 bits per heavy atom. The van der Waals surface area contributed by atoms with Gasteiger partial charge in [-0.25, -0.2) is 0 Å². The maximum atomic E-state index is 14.0. The van der Waals surface area contributed by atoms with E-state index in [9.17, 15) is 23.1 Å². The molecular formula is C24H23ClF3NO3. The first-order chi connectivity index (χ1) is 15.2. The van der Waals surface area contributed by atoms with Crippen molar-refractivity contribution in [2.24, 2.45) is 0 Å². The van der Waals surface area contributed by atoms with Crippen LogP contribution in [0, 0.1) is 0 Å². The Kier molecular flexibility index (Phi) is 6.23. The lowest BCUT2D eigenvalue weighted by atomic mass is 9.94. The minimum Gasteiger partial charge on any atom is -0.507 e. The molecule has 0 saturated heterocycles. The topological polar surface area (TPSA) is 53.7 Å². The third kappa shape index (κ3) is 4.36. The zero-order chi connectivity index (χ0) is 23.0. The van der Waals surface area contributed by atoms with Gasteiger partial charge in [0.1, 0.15) is 11.3 Å². The number of phenolic OH excluding ortho intramolecular Hbond substituents is 1. The Hall–Kier alpha value is -2.51. The first-order valence-electron chi connectivity index (χ1n) is 10.5. The molecule has 32 heavy (non-hydrogen) atoms. The van der Waals surface area contributed by atoms with Crippen molar-refractivity contribution in [2.75, 3.05) is 7.05 Å². The number of rotatable bonds is 4. The Morgan fingerprint density at radius 2 is 1.75 bits per heavy atom. The molecule has 0 aliphatic heterocycles. The van der Waals surface area contributed by atoms with Crippen LogP contribution in [0.25, 0.3) is 22.1 Å². The summed E-state index contributed by atoms with van der Waals surface area (Å²) in [6.07, 6.45) is 0.422. The van der Waals surface area contributed by atoms with Crippen LogP contribution in [-0.2, 0) is 12.7 Å². The molecule has 1 aliphatic carbocycles. The van der Waals surface area contributed by atoms with Crippen molar-refractivity contribution in [3.05, 3.63) is 63.0 Å². The normalized spacial score (nSPS) is 15.6. The third-order valence-corrected chi connectivity index (χ3v) is 6.39. The number of hydrogen-bond donors (Lipinski definition) is 1. The maximum Gasteiger partial charge on any atom is 0.450 e. The molecule has 0 radical (unpaired) electrons. The van der Waals surface area contributed by atoms with Crippen molar-refractivity contribution in [1.29, 1.82) is 0 Å². The van der Waals surface area contributed by atoms with Gasteiger partial charge in [0.2, 0.25) is 11.2 Å². The molecule has 0 unspecified atom stereocenters. The van der Waals surface area contributed by atoms with Crippen LogP contribution < -0.4 is 5.43 Å². The lowest BCUT2D eigenvalue weighted by Gasteiger charge is -2.31. The molecule has 8 heteroatoms. The van der Waals surface area contributed by atoms with E-state index in [1.807, 2.05) is 11.9 Å². The van der Waals surface area contributed by atoms with Crippen LogP contribution in [0.1, 0.15) is 43.4 Å². The molecule has 0 bridgehead atoms. The highest BCUT2D eigenvalue weighted by Crippen LogP contribution is 2.39. The van der Waals surface area contributed by atoms with Gasteiger partial charge in [-0.3, -0.25) is 9.69 Å². The molecule has 170 valence electrons. The smallest absolute Gasteiger partial charge is 0.450 e. The molecule has 1 aromatic heterocycles. The van der Waals surface area contributed by atoms with E-state index in [0.29, 0.717) is 5.02 Å². The average Bonchev–Trinajstić information content (AvgIpc) is 2.76. The number of halogens is 4. The summed E-state index contributed by atoms with van der Waals surface area (Å²) in [6.45, 7) is 0.175. The molecule has 1 aliphatic rings. The molecule has 0 spiro atoms. The molecule has 1 fully saturated rings. The van der Waals surface area contributed by atoms with Crippen LogP contribution in [0.3, 0.4) is 0 Å². The van der Waals surface area contributed by atoms with E-state index in [-0.39, 0.29) is 40.4 Å². The zero-order valence-corrected chi connectivity index (χ0v) is 18.3. The standard InChI is InChI=1S/C24H23ClF3NO3/c1-29(16-5-3-2-4-6-16)13-18-19(30)12-11-17-21(31)20(14-7-9-15(25)10-8-14)23(24(26,27)28)32-22(17)18/h7-12,16,30H,2-6,13H2,1H3. The molecule has 1 heterocycles. The molecule has 3 aromatic rings. The monoisotopic (exact) mass is 465 g/mol. The van der Waals surface area contributed by atoms with Gasteiger partial charge in [0, 0.05) is 17.6 Å². The van der Waals surface area contributed by atoms with Crippen molar-refractivity contribution in [3.8, 4) is 16.9 Å². The van der Waals surface area contributed by atoms with Gasteiger partial charge in [-0.2, -0.15) is 13.2 Å². The van der Waals surface area contributed by atoms with Gasteiger partial charge in [-0.05, 0) is 49.7 Å². The second-order valence-corrected chi connectivity index (χ2v) is 8.72. The fourth-order valence-corrected chi connectivity index (χ4v) is 4.56. The number of aromatic hydroxyl groups is 1. The van der Waals surface area contributed by atoms with Gasteiger partial charge in [-0.15, -0.1) is 0 Å². The zero-order valence-electron chi connectivity index (χ0n) is 17.5. The van der Waals surface area contributed by atoms with Crippen LogP contribution in [0.2, 0.25) is 5.02 Å². The second-order valence-electron chi connectivity index (χ2n) is 8.29. The summed E-state index contributed by atoms with van der Waals surface area (Å²) in [6, 6.07) is 8.45. The van der Waals surface area contributed by atoms with Crippen molar-refractivity contribution >= 4 is 22.6 Å². The van der Waals surface area contributed by atoms with Crippen LogP contribution in [0.4, 0.5) is 13.2 Å². The van der Waals surface area contributed by atoms with Gasteiger partial charge < -0.3 is 9.52 Å². The van der Waals surface area contributed by atoms with Gasteiger partial charge in [0.05, 0.1) is 16.5 Å². The van der Waals surface area contributed by atoms with Crippen LogP contribution in [0.15, 0.2) is 45.6 Å². The minimum absolute atomic E-state index is 0.00667. The molecule has 2 aromatic carbocycles. The number of phenols is 1. The van der Waals surface area contributed by atoms with Gasteiger partial charge in [-0.1, -0.05) is 43.0 Å². The summed E-state index contributed by atoms with van der Waals surface area (Å²) in [5.41, 5.74) is -1.36. The molecule has 0 amide bonds. The fourth-order valence-electron chi connectivity index (χ4n) is 4.44. The summed E-state index contributed by atoms with van der Waals surface area (Å²) < 4.78 is 47.3. The Balaban J connectivity index is 1.90. The quantitative estimate of drug-likeness (QED) is 0.471. The van der Waals surface area contributed by atoms with E-state index >= 15 is 0 Å². The average molecular weight is 466 g/mol. The van der Waals surface area contributed by atoms with E-state index in [0.717, 1.165) is 25.7 Å². The first-order valence-corrected chi connectivity index (χ1v) is 10.9. The lowest BCUT2D eigenvalue weighted by Crippen LogP contribution is -2.33. The van der Waals surface area contributed by atoms with Crippen molar-refractivity contribution < 1.29 is 22.7 Å². The fraction of sp³-hybridized carbons (Fsp3) is 0.375. The number of nitrogens with zero attached hydrogens (tertiary/aromatic N) is 1. The van der Waals surface area contributed by atoms with E-state index < -0.39 is 22.9 Å². The molecule has 1 N–H and O–H groups in total. The Bertz CT molecular complexity index is 1180. The molecule has 4 rings (SSSR count). The Labute approximate surface area is 188 Å². The van der Waals surface area contributed by atoms with Crippen molar-refractivity contribution in [1.82, 2.24) is 4.90 Å². The number of alkyl halides is 3. The number of hydrogen-bond acceptors (Lipinski definition) is 4. The summed E-state index contributed by atoms with van der Waals surface area (Å²) in [5.74, 6) is -1.58. The number of fused-ring (bicyclic) bond motifs is 1. The summed E-state index contributed by atoms with van der Waals surface area (Å²) >= 11 is 5.86. The minimum atomic E-state index is -4.90.